The molecule has 0 N–H and O–H groups in total. The topological polar surface area (TPSA) is 52.0 Å². The Hall–Kier alpha value is -0.410. The molecule has 0 aliphatic heterocycles. The minimum absolute atomic E-state index is 0.0211. The van der Waals surface area contributed by atoms with Gasteiger partial charge in [0.05, 0.1) is 17.9 Å². The van der Waals surface area contributed by atoms with Gasteiger partial charge in [-0.05, 0) is 24.6 Å². The summed E-state index contributed by atoms with van der Waals surface area (Å²) in [5.74, 6) is -0.233. The fourth-order valence-electron chi connectivity index (χ4n) is 1.82. The zero-order chi connectivity index (χ0) is 15.6. The van der Waals surface area contributed by atoms with Gasteiger partial charge in [-0.15, -0.1) is 0 Å². The second-order valence-electron chi connectivity index (χ2n) is 3.88. The van der Waals surface area contributed by atoms with Crippen molar-refractivity contribution in [2.45, 2.75) is 43.6 Å². The van der Waals surface area contributed by atoms with Gasteiger partial charge < -0.3 is 0 Å². The first-order valence-electron chi connectivity index (χ1n) is 5.84. The average Bonchev–Trinajstić information content (AvgIpc) is 2.65. The Balaban J connectivity index is 3.07. The van der Waals surface area contributed by atoms with E-state index >= 15 is 0 Å². The fraction of sp³-hybridized carbons (Fsp3) is 0.700. The smallest absolute Gasteiger partial charge is 0.267 e. The van der Waals surface area contributed by atoms with Crippen LogP contribution in [0.25, 0.3) is 0 Å². The van der Waals surface area contributed by atoms with E-state index in [1.807, 2.05) is 0 Å². The van der Waals surface area contributed by atoms with Gasteiger partial charge in [-0.25, -0.2) is 8.42 Å². The summed E-state index contributed by atoms with van der Waals surface area (Å²) in [7, 11) is 1.42. The summed E-state index contributed by atoms with van der Waals surface area (Å²) < 4.78 is 60.7. The van der Waals surface area contributed by atoms with Gasteiger partial charge in [0.1, 0.15) is 4.90 Å². The Labute approximate surface area is 124 Å². The molecule has 0 aliphatic carbocycles. The third-order valence-corrected chi connectivity index (χ3v) is 4.70. The molecule has 1 rings (SSSR count). The third kappa shape index (κ3) is 4.56. The lowest BCUT2D eigenvalue weighted by atomic mass is 10.2. The van der Waals surface area contributed by atoms with E-state index in [1.165, 1.54) is 4.68 Å². The fourth-order valence-corrected chi connectivity index (χ4v) is 3.85. The van der Waals surface area contributed by atoms with Crippen LogP contribution in [0, 0.1) is 0 Å². The van der Waals surface area contributed by atoms with Crippen molar-refractivity contribution < 1.29 is 21.6 Å². The molecule has 0 atom stereocenters. The number of nitrogens with zero attached hydrogens (tertiary/aromatic N) is 2. The summed E-state index contributed by atoms with van der Waals surface area (Å²) in [4.78, 5) is -0.0684. The van der Waals surface area contributed by atoms with Crippen LogP contribution in [0.15, 0.2) is 4.90 Å². The van der Waals surface area contributed by atoms with Gasteiger partial charge >= 0.3 is 5.51 Å². The molecule has 0 aromatic carbocycles. The van der Waals surface area contributed by atoms with Crippen molar-refractivity contribution in [1.82, 2.24) is 9.78 Å². The molecule has 0 amide bonds. The Morgan fingerprint density at radius 2 is 1.90 bits per heavy atom. The Bertz CT molecular complexity index is 570. The first kappa shape index (κ1) is 17.6. The molecule has 0 saturated heterocycles. The lowest BCUT2D eigenvalue weighted by Gasteiger charge is -2.08. The first-order chi connectivity index (χ1) is 9.10. The average molecular weight is 351 g/mol. The highest BCUT2D eigenvalue weighted by Crippen LogP contribution is 2.31. The van der Waals surface area contributed by atoms with Crippen molar-refractivity contribution in [2.24, 2.45) is 0 Å². The minimum atomic E-state index is -4.31. The molecule has 116 valence electrons. The number of rotatable bonds is 6. The van der Waals surface area contributed by atoms with Crippen LogP contribution in [0.1, 0.15) is 25.2 Å². The van der Waals surface area contributed by atoms with Crippen LogP contribution in [-0.4, -0.2) is 29.5 Å². The van der Waals surface area contributed by atoms with Crippen LogP contribution < -0.4 is 0 Å². The van der Waals surface area contributed by atoms with Crippen LogP contribution in [0.2, 0.25) is 0 Å². The Morgan fingerprint density at radius 3 is 2.30 bits per heavy atom. The maximum absolute atomic E-state index is 12.1. The van der Waals surface area contributed by atoms with E-state index in [-0.39, 0.29) is 34.6 Å². The summed E-state index contributed by atoms with van der Waals surface area (Å²) in [6.07, 6.45) is 0.665. The van der Waals surface area contributed by atoms with Crippen molar-refractivity contribution in [1.29, 1.82) is 0 Å². The SMILES string of the molecule is CCc1nn(CCSC(F)(F)F)c(CC)c1S(=O)(=O)Cl. The van der Waals surface area contributed by atoms with Crippen molar-refractivity contribution in [3.05, 3.63) is 11.4 Å². The maximum atomic E-state index is 12.1. The van der Waals surface area contributed by atoms with Crippen molar-refractivity contribution in [3.8, 4) is 0 Å². The minimum Gasteiger partial charge on any atom is -0.267 e. The molecule has 0 radical (unpaired) electrons. The standard InChI is InChI=1S/C10H14ClF3N2O2S2/c1-3-7-9(20(11,17)18)8(4-2)16(15-7)5-6-19-10(12,13)14/h3-6H2,1-2H3. The summed E-state index contributed by atoms with van der Waals surface area (Å²) >= 11 is -0.165. The monoisotopic (exact) mass is 350 g/mol. The zero-order valence-electron chi connectivity index (χ0n) is 10.9. The summed E-state index contributed by atoms with van der Waals surface area (Å²) in [6, 6.07) is 0. The van der Waals surface area contributed by atoms with Gasteiger partial charge in [-0.3, -0.25) is 4.68 Å². The van der Waals surface area contributed by atoms with E-state index in [2.05, 4.69) is 5.10 Å². The molecule has 10 heteroatoms. The van der Waals surface area contributed by atoms with Gasteiger partial charge in [-0.2, -0.15) is 18.3 Å². The first-order valence-corrected chi connectivity index (χ1v) is 9.13. The molecule has 0 saturated carbocycles. The largest absolute Gasteiger partial charge is 0.441 e. The highest BCUT2D eigenvalue weighted by Gasteiger charge is 2.29. The lowest BCUT2D eigenvalue weighted by Crippen LogP contribution is -2.11. The number of aromatic nitrogens is 2. The number of aryl methyl sites for hydroxylation is 2. The Kier molecular flexibility index (Phi) is 5.79. The van der Waals surface area contributed by atoms with Gasteiger partial charge in [-0.1, -0.05) is 13.8 Å². The molecule has 1 aromatic rings. The van der Waals surface area contributed by atoms with E-state index in [9.17, 15) is 21.6 Å². The molecule has 20 heavy (non-hydrogen) atoms. The zero-order valence-corrected chi connectivity index (χ0v) is 13.3. The van der Waals surface area contributed by atoms with Crippen molar-refractivity contribution in [3.63, 3.8) is 0 Å². The predicted molar refractivity (Wildman–Crippen MR) is 72.5 cm³/mol. The number of hydrogen-bond acceptors (Lipinski definition) is 4. The second kappa shape index (κ2) is 6.57. The van der Waals surface area contributed by atoms with Crippen LogP contribution in [0.3, 0.4) is 0 Å². The van der Waals surface area contributed by atoms with Crippen LogP contribution in [-0.2, 0) is 28.4 Å². The summed E-state index contributed by atoms with van der Waals surface area (Å²) in [5.41, 5.74) is -3.68. The summed E-state index contributed by atoms with van der Waals surface area (Å²) in [5, 5.41) is 4.06. The molecule has 0 unspecified atom stereocenters. The highest BCUT2D eigenvalue weighted by atomic mass is 35.7. The van der Waals surface area contributed by atoms with E-state index in [1.54, 1.807) is 13.8 Å². The predicted octanol–water partition coefficient (Wildman–Crippen LogP) is 3.19. The van der Waals surface area contributed by atoms with Crippen LogP contribution >= 0.6 is 22.4 Å². The maximum Gasteiger partial charge on any atom is 0.441 e. The van der Waals surface area contributed by atoms with E-state index < -0.39 is 14.6 Å². The van der Waals surface area contributed by atoms with Gasteiger partial charge in [0.25, 0.3) is 9.05 Å². The van der Waals surface area contributed by atoms with Gasteiger partial charge in [0, 0.05) is 16.4 Å². The van der Waals surface area contributed by atoms with Crippen LogP contribution in [0.4, 0.5) is 13.2 Å². The van der Waals surface area contributed by atoms with E-state index in [0.717, 1.165) is 0 Å². The van der Waals surface area contributed by atoms with Crippen LogP contribution in [0.5, 0.6) is 0 Å². The molecule has 1 aromatic heterocycles. The number of halogens is 4. The molecule has 0 fully saturated rings. The normalized spacial score (nSPS) is 12.9. The van der Waals surface area contributed by atoms with E-state index in [4.69, 9.17) is 10.7 Å². The van der Waals surface area contributed by atoms with Crippen molar-refractivity contribution in [2.75, 3.05) is 5.75 Å². The molecular weight excluding hydrogens is 337 g/mol. The molecule has 0 aliphatic rings. The lowest BCUT2D eigenvalue weighted by molar-refractivity contribution is -0.0328. The van der Waals surface area contributed by atoms with Gasteiger partial charge in [0.2, 0.25) is 0 Å². The Morgan fingerprint density at radius 1 is 1.30 bits per heavy atom. The summed E-state index contributed by atoms with van der Waals surface area (Å²) in [6.45, 7) is 3.39. The second-order valence-corrected chi connectivity index (χ2v) is 7.55. The number of thioether (sulfide) groups is 1. The third-order valence-electron chi connectivity index (χ3n) is 2.56. The van der Waals surface area contributed by atoms with Gasteiger partial charge in [0.15, 0.2) is 0 Å². The molecule has 0 bridgehead atoms. The molecule has 0 spiro atoms. The number of hydrogen-bond donors (Lipinski definition) is 0. The molecule has 1 heterocycles. The van der Waals surface area contributed by atoms with Crippen molar-refractivity contribution >= 4 is 31.5 Å². The van der Waals surface area contributed by atoms with E-state index in [0.29, 0.717) is 18.5 Å². The highest BCUT2D eigenvalue weighted by molar-refractivity contribution is 8.13. The molecular formula is C10H14ClF3N2O2S2. The quantitative estimate of drug-likeness (QED) is 0.739. The number of alkyl halides is 3. The molecule has 4 nitrogen and oxygen atoms in total.